The van der Waals surface area contributed by atoms with Gasteiger partial charge in [0, 0.05) is 42.0 Å². The van der Waals surface area contributed by atoms with Crippen molar-refractivity contribution in [2.75, 3.05) is 20.1 Å². The Morgan fingerprint density at radius 2 is 1.97 bits per heavy atom. The van der Waals surface area contributed by atoms with Crippen molar-refractivity contribution in [3.05, 3.63) is 46.8 Å². The molecular weight excluding hydrogens is 478 g/mol. The fraction of sp³-hybridized carbons (Fsp3) is 0.556. The number of hydrogen-bond donors (Lipinski definition) is 2. The molecule has 2 fully saturated rings. The molecule has 0 aromatic heterocycles. The predicted molar refractivity (Wildman–Crippen MR) is 145 cm³/mol. The molecule has 36 heavy (non-hydrogen) atoms. The summed E-state index contributed by atoms with van der Waals surface area (Å²) in [6.07, 6.45) is 11.6. The number of aliphatic imine (C=N–C) groups is 3. The maximum atomic E-state index is 14.3. The first-order valence-electron chi connectivity index (χ1n) is 12.9. The van der Waals surface area contributed by atoms with Crippen molar-refractivity contribution in [3.63, 3.8) is 0 Å². The van der Waals surface area contributed by atoms with Gasteiger partial charge >= 0.3 is 0 Å². The van der Waals surface area contributed by atoms with Crippen LogP contribution in [0.2, 0.25) is 0 Å². The smallest absolute Gasteiger partial charge is 0.148 e. The summed E-state index contributed by atoms with van der Waals surface area (Å²) in [5, 5.41) is 12.5. The largest absolute Gasteiger partial charge is 0.339 e. The normalized spacial score (nSPS) is 29.3. The quantitative estimate of drug-likeness (QED) is 0.463. The lowest BCUT2D eigenvalue weighted by molar-refractivity contribution is 0.282. The maximum absolute atomic E-state index is 14.3. The third kappa shape index (κ3) is 5.62. The highest BCUT2D eigenvalue weighted by molar-refractivity contribution is 8.15. The second kappa shape index (κ2) is 10.9. The van der Waals surface area contributed by atoms with E-state index in [-0.39, 0.29) is 18.0 Å². The molecule has 0 radical (unpaired) electrons. The van der Waals surface area contributed by atoms with E-state index in [1.807, 2.05) is 17.8 Å². The van der Waals surface area contributed by atoms with Gasteiger partial charge in [-0.2, -0.15) is 0 Å². The molecule has 0 amide bonds. The molecule has 2 atom stereocenters. The fourth-order valence-electron chi connectivity index (χ4n) is 5.10. The first-order valence-corrected chi connectivity index (χ1v) is 13.8. The van der Waals surface area contributed by atoms with Crippen LogP contribution in [-0.2, 0) is 0 Å². The number of amidine groups is 1. The van der Waals surface area contributed by atoms with Crippen LogP contribution in [0.25, 0.3) is 0 Å². The summed E-state index contributed by atoms with van der Waals surface area (Å²) in [5.74, 6) is -0.112. The number of rotatable bonds is 5. The van der Waals surface area contributed by atoms with Gasteiger partial charge in [-0.25, -0.2) is 13.8 Å². The average molecular weight is 513 g/mol. The minimum absolute atomic E-state index is 0.116. The average Bonchev–Trinajstić information content (AvgIpc) is 3.73. The Morgan fingerprint density at radius 1 is 1.19 bits per heavy atom. The number of hydrogen-bond acceptors (Lipinski definition) is 7. The summed E-state index contributed by atoms with van der Waals surface area (Å²) in [7, 11) is 2.16. The van der Waals surface area contributed by atoms with E-state index >= 15 is 0 Å². The fourth-order valence-corrected chi connectivity index (χ4v) is 6.42. The molecule has 6 nitrogen and oxygen atoms in total. The predicted octanol–water partition coefficient (Wildman–Crippen LogP) is 5.72. The van der Waals surface area contributed by atoms with Gasteiger partial charge < -0.3 is 15.6 Å². The third-order valence-electron chi connectivity index (χ3n) is 7.50. The van der Waals surface area contributed by atoms with Crippen molar-refractivity contribution in [2.45, 2.75) is 63.3 Å². The number of nitrogens with one attached hydrogen (secondary N) is 2. The Morgan fingerprint density at radius 3 is 2.67 bits per heavy atom. The summed E-state index contributed by atoms with van der Waals surface area (Å²) in [5.41, 5.74) is 2.91. The van der Waals surface area contributed by atoms with Crippen LogP contribution in [0.4, 0.5) is 8.78 Å². The molecule has 0 aromatic rings. The van der Waals surface area contributed by atoms with Crippen molar-refractivity contribution < 1.29 is 8.78 Å². The van der Waals surface area contributed by atoms with E-state index in [1.165, 1.54) is 30.7 Å². The van der Waals surface area contributed by atoms with Gasteiger partial charge in [0.05, 0.1) is 5.71 Å². The van der Waals surface area contributed by atoms with Gasteiger partial charge in [-0.1, -0.05) is 11.6 Å². The minimum atomic E-state index is -0.575. The van der Waals surface area contributed by atoms with Crippen molar-refractivity contribution in [3.8, 4) is 0 Å². The van der Waals surface area contributed by atoms with Crippen LogP contribution in [0, 0.1) is 17.2 Å². The van der Waals surface area contributed by atoms with Crippen LogP contribution in [0.3, 0.4) is 0 Å². The topological polar surface area (TPSA) is 76.2 Å². The van der Waals surface area contributed by atoms with Gasteiger partial charge in [0.15, 0.2) is 0 Å². The molecule has 0 spiro atoms. The van der Waals surface area contributed by atoms with Crippen LogP contribution >= 0.6 is 11.8 Å². The second-order valence-corrected chi connectivity index (χ2v) is 11.5. The van der Waals surface area contributed by atoms with E-state index in [1.54, 1.807) is 6.20 Å². The molecule has 1 saturated heterocycles. The zero-order valence-electron chi connectivity index (χ0n) is 20.9. The zero-order chi connectivity index (χ0) is 25.2. The number of piperidine rings is 1. The lowest BCUT2D eigenvalue weighted by Gasteiger charge is -2.32. The molecule has 192 valence electrons. The molecule has 5 aliphatic rings. The molecule has 2 N–H and O–H groups in total. The molecule has 9 heteroatoms. The lowest BCUT2D eigenvalue weighted by Crippen LogP contribution is -2.35. The maximum Gasteiger partial charge on any atom is 0.148 e. The lowest BCUT2D eigenvalue weighted by atomic mass is 9.96. The Labute approximate surface area is 216 Å². The summed E-state index contributed by atoms with van der Waals surface area (Å²) in [6, 6.07) is 0. The van der Waals surface area contributed by atoms with E-state index < -0.39 is 17.8 Å². The van der Waals surface area contributed by atoms with E-state index in [2.05, 4.69) is 29.2 Å². The summed E-state index contributed by atoms with van der Waals surface area (Å²) >= 11 is 1.84. The van der Waals surface area contributed by atoms with E-state index in [4.69, 9.17) is 15.4 Å². The Balaban J connectivity index is 1.39. The van der Waals surface area contributed by atoms with E-state index in [0.29, 0.717) is 35.6 Å². The zero-order valence-corrected chi connectivity index (χ0v) is 21.8. The molecule has 3 heterocycles. The molecule has 0 bridgehead atoms. The van der Waals surface area contributed by atoms with Crippen LogP contribution in [0.5, 0.6) is 0 Å². The van der Waals surface area contributed by atoms with Crippen LogP contribution in [0.1, 0.15) is 51.9 Å². The SMILES string of the molecule is C/C(=C1\C(C=N)=NC(C2C=CN=C(NC3=C(F)CCC=C3F)C2)N=C1SC1CCN(C)CC1)C1CC1. The monoisotopic (exact) mass is 512 g/mol. The number of nitrogens with zero attached hydrogens (tertiary/aromatic N) is 4. The molecule has 3 aliphatic heterocycles. The van der Waals surface area contributed by atoms with Crippen molar-refractivity contribution in [2.24, 2.45) is 26.8 Å². The van der Waals surface area contributed by atoms with Gasteiger partial charge in [0.2, 0.25) is 0 Å². The molecule has 0 aromatic carbocycles. The summed E-state index contributed by atoms with van der Waals surface area (Å²) < 4.78 is 28.5. The molecular formula is C27H34F2N6S. The molecule has 2 aliphatic carbocycles. The number of halogens is 2. The molecule has 5 rings (SSSR count). The van der Waals surface area contributed by atoms with Crippen molar-refractivity contribution in [1.82, 2.24) is 10.2 Å². The molecule has 1 saturated carbocycles. The molecule has 2 unspecified atom stereocenters. The standard InChI is InChI=1S/C27H34F2N6S/c1-16(17-6-7-17)24-22(15-30)32-26(34-27(24)36-19-9-12-35(2)13-10-19)18-8-11-31-23(14-18)33-25-20(28)4-3-5-21(25)29/h4,8,11,15,17-19,26,30H,3,5-7,9-10,12-14H2,1-2H3,(H,31,33)/b24-16-,30-15?. The second-order valence-electron chi connectivity index (χ2n) is 10.2. The van der Waals surface area contributed by atoms with Crippen LogP contribution in [0.15, 0.2) is 61.8 Å². The Hall–Kier alpha value is -2.39. The summed E-state index contributed by atoms with van der Waals surface area (Å²) in [4.78, 5) is 16.8. The highest BCUT2D eigenvalue weighted by Gasteiger charge is 2.35. The number of allylic oxidation sites excluding steroid dienone is 4. The minimum Gasteiger partial charge on any atom is -0.339 e. The van der Waals surface area contributed by atoms with Gasteiger partial charge in [0.25, 0.3) is 0 Å². The highest BCUT2D eigenvalue weighted by atomic mass is 32.2. The number of likely N-dealkylation sites (tertiary alicyclic amines) is 1. The third-order valence-corrected chi connectivity index (χ3v) is 8.84. The van der Waals surface area contributed by atoms with Crippen molar-refractivity contribution >= 4 is 34.6 Å². The van der Waals surface area contributed by atoms with Gasteiger partial charge in [-0.15, -0.1) is 11.8 Å². The van der Waals surface area contributed by atoms with Crippen LogP contribution in [-0.4, -0.2) is 59.3 Å². The summed E-state index contributed by atoms with van der Waals surface area (Å²) in [6.45, 7) is 4.32. The van der Waals surface area contributed by atoms with Crippen LogP contribution < -0.4 is 5.32 Å². The van der Waals surface area contributed by atoms with Gasteiger partial charge in [0.1, 0.15) is 34.4 Å². The first kappa shape index (κ1) is 25.3. The van der Waals surface area contributed by atoms with Gasteiger partial charge in [-0.3, -0.25) is 9.98 Å². The van der Waals surface area contributed by atoms with Gasteiger partial charge in [-0.05, 0) is 71.2 Å². The van der Waals surface area contributed by atoms with Crippen molar-refractivity contribution in [1.29, 1.82) is 5.41 Å². The van der Waals surface area contributed by atoms with E-state index in [0.717, 1.165) is 36.5 Å². The number of thioether (sulfide) groups is 1. The Bertz CT molecular complexity index is 1120. The highest BCUT2D eigenvalue weighted by Crippen LogP contribution is 2.41. The van der Waals surface area contributed by atoms with E-state index in [9.17, 15) is 8.78 Å². The first-order chi connectivity index (χ1) is 17.4. The Kier molecular flexibility index (Phi) is 7.67.